The Hall–Kier alpha value is -2.13. The van der Waals surface area contributed by atoms with Gasteiger partial charge in [0.2, 0.25) is 5.91 Å². The largest absolute Gasteiger partial charge is 0.464 e. The number of nitrogens with one attached hydrogen (secondary N) is 1. The van der Waals surface area contributed by atoms with Crippen LogP contribution in [-0.4, -0.2) is 52.9 Å². The second-order valence-corrected chi connectivity index (χ2v) is 10.1. The smallest absolute Gasteiger partial charge is 0.273 e. The van der Waals surface area contributed by atoms with E-state index in [4.69, 9.17) is 4.74 Å². The van der Waals surface area contributed by atoms with Crippen LogP contribution in [0.15, 0.2) is 24.5 Å². The van der Waals surface area contributed by atoms with Crippen molar-refractivity contribution in [3.05, 3.63) is 40.7 Å². The molecule has 1 aliphatic carbocycles. The maximum Gasteiger partial charge on any atom is 0.273 e. The average Bonchev–Trinajstić information content (AvgIpc) is 3.24. The lowest BCUT2D eigenvalue weighted by Gasteiger charge is -2.32. The third kappa shape index (κ3) is 7.43. The molecule has 180 valence electrons. The van der Waals surface area contributed by atoms with Gasteiger partial charge < -0.3 is 10.1 Å². The highest BCUT2D eigenvalue weighted by Crippen LogP contribution is 2.31. The molecule has 1 fully saturated rings. The fraction of sp³-hybridized carbons (Fsp3) is 0.625. The van der Waals surface area contributed by atoms with Gasteiger partial charge in [0.05, 0.1) is 5.69 Å². The van der Waals surface area contributed by atoms with E-state index < -0.39 is 13.0 Å². The summed E-state index contributed by atoms with van der Waals surface area (Å²) in [5, 5.41) is 3.57. The quantitative estimate of drug-likeness (QED) is 0.553. The number of alkyl halides is 2. The molecule has 0 radical (unpaired) electrons. The van der Waals surface area contributed by atoms with Crippen molar-refractivity contribution in [3.8, 4) is 5.19 Å². The van der Waals surface area contributed by atoms with E-state index in [-0.39, 0.29) is 5.91 Å². The fourth-order valence-corrected chi connectivity index (χ4v) is 5.60. The zero-order valence-corrected chi connectivity index (χ0v) is 19.7. The molecule has 2 aromatic heterocycles. The topological polar surface area (TPSA) is 67.4 Å². The van der Waals surface area contributed by atoms with Crippen LogP contribution >= 0.6 is 11.3 Å². The van der Waals surface area contributed by atoms with Crippen molar-refractivity contribution >= 4 is 17.2 Å². The minimum absolute atomic E-state index is 0.131. The van der Waals surface area contributed by atoms with Crippen LogP contribution in [0.25, 0.3) is 0 Å². The van der Waals surface area contributed by atoms with Crippen molar-refractivity contribution < 1.29 is 18.3 Å². The number of fused-ring (bicyclic) bond motifs is 1. The molecule has 4 rings (SSSR count). The summed E-state index contributed by atoms with van der Waals surface area (Å²) in [4.78, 5) is 24.4. The third-order valence-electron chi connectivity index (χ3n) is 6.55. The van der Waals surface area contributed by atoms with Gasteiger partial charge in [-0.25, -0.2) is 13.8 Å². The van der Waals surface area contributed by atoms with E-state index in [0.29, 0.717) is 23.6 Å². The number of rotatable bonds is 10. The molecule has 9 heteroatoms. The van der Waals surface area contributed by atoms with Gasteiger partial charge in [-0.15, -0.1) is 0 Å². The summed E-state index contributed by atoms with van der Waals surface area (Å²) in [7, 11) is 0. The standard InChI is InChI=1S/C24H32F2N4O2S/c25-22(26)16-32-24-29-20-15-30(13-10-21(20)33-24)12-9-17-3-6-19(7-4-17)28-23(31)8-5-18-2-1-11-27-14-18/h1-2,11,14,17,19,22H,3-10,12-13,15-16H2,(H,28,31)/t17-,19-. The Kier molecular flexibility index (Phi) is 8.61. The lowest BCUT2D eigenvalue weighted by Crippen LogP contribution is -2.38. The summed E-state index contributed by atoms with van der Waals surface area (Å²) >= 11 is 1.40. The van der Waals surface area contributed by atoms with Gasteiger partial charge in [-0.3, -0.25) is 14.7 Å². The van der Waals surface area contributed by atoms with Crippen LogP contribution in [0.2, 0.25) is 0 Å². The normalized spacial score (nSPS) is 21.1. The summed E-state index contributed by atoms with van der Waals surface area (Å²) in [6, 6.07) is 4.20. The summed E-state index contributed by atoms with van der Waals surface area (Å²) in [5.74, 6) is 0.821. The lowest BCUT2D eigenvalue weighted by molar-refractivity contribution is -0.122. The van der Waals surface area contributed by atoms with Gasteiger partial charge in [0, 0.05) is 42.8 Å². The van der Waals surface area contributed by atoms with Crippen molar-refractivity contribution in [1.82, 2.24) is 20.2 Å². The highest BCUT2D eigenvalue weighted by Gasteiger charge is 2.25. The van der Waals surface area contributed by atoms with Crippen molar-refractivity contribution in [2.75, 3.05) is 19.7 Å². The van der Waals surface area contributed by atoms with E-state index in [0.717, 1.165) is 80.7 Å². The van der Waals surface area contributed by atoms with Crippen molar-refractivity contribution in [2.45, 2.75) is 70.4 Å². The Morgan fingerprint density at radius 3 is 2.91 bits per heavy atom. The Bertz CT molecular complexity index is 888. The number of amides is 1. The first-order valence-electron chi connectivity index (χ1n) is 11.9. The molecule has 1 aliphatic heterocycles. The molecule has 2 aliphatic rings. The minimum atomic E-state index is -2.47. The zero-order chi connectivity index (χ0) is 23.0. The highest BCUT2D eigenvalue weighted by molar-refractivity contribution is 7.13. The van der Waals surface area contributed by atoms with Crippen molar-refractivity contribution in [1.29, 1.82) is 0 Å². The predicted molar refractivity (Wildman–Crippen MR) is 124 cm³/mol. The van der Waals surface area contributed by atoms with Gasteiger partial charge in [0.15, 0.2) is 6.61 Å². The Morgan fingerprint density at radius 2 is 2.15 bits per heavy atom. The number of hydrogen-bond donors (Lipinski definition) is 1. The molecular weight excluding hydrogens is 446 g/mol. The molecule has 6 nitrogen and oxygen atoms in total. The van der Waals surface area contributed by atoms with Crippen LogP contribution in [0, 0.1) is 5.92 Å². The molecule has 33 heavy (non-hydrogen) atoms. The van der Waals surface area contributed by atoms with E-state index in [2.05, 4.69) is 20.2 Å². The van der Waals surface area contributed by atoms with E-state index in [1.807, 2.05) is 18.3 Å². The number of pyridine rings is 1. The number of carbonyl (C=O) groups excluding carboxylic acids is 1. The number of nitrogens with zero attached hydrogens (tertiary/aromatic N) is 3. The molecule has 0 unspecified atom stereocenters. The summed E-state index contributed by atoms with van der Waals surface area (Å²) in [6.07, 6.45) is 8.76. The van der Waals surface area contributed by atoms with Crippen LogP contribution in [0.5, 0.6) is 5.19 Å². The maximum absolute atomic E-state index is 12.3. The monoisotopic (exact) mass is 478 g/mol. The first-order valence-corrected chi connectivity index (χ1v) is 12.7. The van der Waals surface area contributed by atoms with Gasteiger partial charge in [-0.05, 0) is 69.0 Å². The molecule has 0 spiro atoms. The number of halogens is 2. The Labute approximate surface area is 197 Å². The molecule has 1 saturated carbocycles. The summed E-state index contributed by atoms with van der Waals surface area (Å²) < 4.78 is 29.8. The van der Waals surface area contributed by atoms with Crippen LogP contribution < -0.4 is 10.1 Å². The molecule has 3 heterocycles. The number of hydrogen-bond acceptors (Lipinski definition) is 6. The van der Waals surface area contributed by atoms with Crippen molar-refractivity contribution in [3.63, 3.8) is 0 Å². The van der Waals surface area contributed by atoms with E-state index in [1.165, 1.54) is 11.3 Å². The van der Waals surface area contributed by atoms with Crippen LogP contribution in [-0.2, 0) is 24.2 Å². The minimum Gasteiger partial charge on any atom is -0.464 e. The maximum atomic E-state index is 12.3. The zero-order valence-electron chi connectivity index (χ0n) is 18.8. The molecule has 0 saturated heterocycles. The molecule has 0 bridgehead atoms. The summed E-state index contributed by atoms with van der Waals surface area (Å²) in [5.41, 5.74) is 2.07. The van der Waals surface area contributed by atoms with E-state index in [9.17, 15) is 13.6 Å². The molecule has 0 aromatic carbocycles. The third-order valence-corrected chi connectivity index (χ3v) is 7.62. The van der Waals surface area contributed by atoms with Gasteiger partial charge >= 0.3 is 0 Å². The fourth-order valence-electron chi connectivity index (χ4n) is 4.68. The van der Waals surface area contributed by atoms with Crippen LogP contribution in [0.4, 0.5) is 8.78 Å². The van der Waals surface area contributed by atoms with Crippen molar-refractivity contribution in [2.24, 2.45) is 5.92 Å². The number of thiazole rings is 1. The van der Waals surface area contributed by atoms with Gasteiger partial charge in [-0.1, -0.05) is 17.4 Å². The highest BCUT2D eigenvalue weighted by atomic mass is 32.1. The Balaban J connectivity index is 1.12. The number of ether oxygens (including phenoxy) is 1. The molecule has 1 amide bonds. The van der Waals surface area contributed by atoms with Crippen LogP contribution in [0.1, 0.15) is 54.7 Å². The van der Waals surface area contributed by atoms with Gasteiger partial charge in [0.25, 0.3) is 11.6 Å². The number of carbonyl (C=O) groups is 1. The number of aryl methyl sites for hydroxylation is 1. The average molecular weight is 479 g/mol. The predicted octanol–water partition coefficient (Wildman–Crippen LogP) is 4.24. The second kappa shape index (κ2) is 11.8. The first-order chi connectivity index (χ1) is 16.0. The van der Waals surface area contributed by atoms with Gasteiger partial charge in [0.1, 0.15) is 0 Å². The molecule has 2 aromatic rings. The molecular formula is C24H32F2N4O2S. The van der Waals surface area contributed by atoms with E-state index >= 15 is 0 Å². The second-order valence-electron chi connectivity index (χ2n) is 9.01. The SMILES string of the molecule is O=C(CCc1cccnc1)N[C@H]1CC[C@H](CCN2CCc3sc(OCC(F)F)nc3C2)CC1. The van der Waals surface area contributed by atoms with E-state index in [1.54, 1.807) is 6.20 Å². The number of aromatic nitrogens is 2. The van der Waals surface area contributed by atoms with Crippen LogP contribution in [0.3, 0.4) is 0 Å². The molecule has 1 N–H and O–H groups in total. The van der Waals surface area contributed by atoms with Gasteiger partial charge in [-0.2, -0.15) is 0 Å². The lowest BCUT2D eigenvalue weighted by atomic mass is 9.84. The molecule has 0 atom stereocenters. The Morgan fingerprint density at radius 1 is 1.30 bits per heavy atom. The first kappa shape index (κ1) is 24.0. The summed E-state index contributed by atoms with van der Waals surface area (Å²) in [6.45, 7) is 2.18.